The first-order valence-corrected chi connectivity index (χ1v) is 10.4. The number of esters is 2. The summed E-state index contributed by atoms with van der Waals surface area (Å²) in [5.74, 6) is -2.54. The zero-order chi connectivity index (χ0) is 28.6. The van der Waals surface area contributed by atoms with Gasteiger partial charge in [-0.05, 0) is 24.3 Å². The van der Waals surface area contributed by atoms with Gasteiger partial charge < -0.3 is 9.47 Å². The Hall–Kier alpha value is -5.80. The van der Waals surface area contributed by atoms with Gasteiger partial charge in [0.2, 0.25) is 0 Å². The van der Waals surface area contributed by atoms with Crippen LogP contribution in [0.3, 0.4) is 0 Å². The molecule has 0 heterocycles. The van der Waals surface area contributed by atoms with Crippen molar-refractivity contribution in [3.05, 3.63) is 112 Å². The van der Waals surface area contributed by atoms with Gasteiger partial charge in [-0.25, -0.2) is 9.59 Å². The van der Waals surface area contributed by atoms with Crippen LogP contribution >= 0.6 is 0 Å². The number of non-ortho nitro benzene ring substituents is 4. The molecule has 16 nitrogen and oxygen atoms in total. The highest BCUT2D eigenvalue weighted by Crippen LogP contribution is 2.26. The van der Waals surface area contributed by atoms with Crippen LogP contribution in [-0.4, -0.2) is 31.6 Å². The van der Waals surface area contributed by atoms with Crippen molar-refractivity contribution in [1.29, 1.82) is 0 Å². The van der Waals surface area contributed by atoms with Crippen molar-refractivity contribution >= 4 is 34.7 Å². The lowest BCUT2D eigenvalue weighted by atomic mass is 10.1. The average Bonchev–Trinajstić information content (AvgIpc) is 2.90. The first-order valence-electron chi connectivity index (χ1n) is 10.4. The Balaban J connectivity index is 0.00000247. The Kier molecular flexibility index (Phi) is 9.17. The van der Waals surface area contributed by atoms with Gasteiger partial charge in [0.1, 0.15) is 11.5 Å². The Bertz CT molecular complexity index is 1260. The van der Waals surface area contributed by atoms with E-state index in [0.29, 0.717) is 12.1 Å². The summed E-state index contributed by atoms with van der Waals surface area (Å²) in [6.07, 6.45) is 0. The number of carbonyl (C=O) groups is 2. The summed E-state index contributed by atoms with van der Waals surface area (Å²) in [6, 6.07) is 9.15. The van der Waals surface area contributed by atoms with Crippen LogP contribution in [-0.2, 0) is 0 Å². The predicted molar refractivity (Wildman–Crippen MR) is 127 cm³/mol. The highest BCUT2D eigenvalue weighted by Gasteiger charge is 2.22. The summed E-state index contributed by atoms with van der Waals surface area (Å²) in [5, 5.41) is 43.9. The molecule has 0 fully saturated rings. The van der Waals surface area contributed by atoms with E-state index in [4.69, 9.17) is 9.47 Å². The van der Waals surface area contributed by atoms with Crippen molar-refractivity contribution in [1.82, 2.24) is 0 Å². The lowest BCUT2D eigenvalue weighted by Crippen LogP contribution is -2.11. The second-order valence-corrected chi connectivity index (χ2v) is 6.76. The number of ether oxygens (including phenoxy) is 2. The number of hydrogen-bond donors (Lipinski definition) is 0. The topological polar surface area (TPSA) is 225 Å². The van der Waals surface area contributed by atoms with E-state index in [1.165, 1.54) is 0 Å². The number of nitro groups is 4. The van der Waals surface area contributed by atoms with Crippen molar-refractivity contribution in [2.75, 3.05) is 0 Å². The van der Waals surface area contributed by atoms with E-state index in [0.717, 1.165) is 48.5 Å². The molecule has 0 bridgehead atoms. The SMILES string of the molecule is CC.O=C(Oc1ccc(OC(=O)c2cc([N+](=O)[O-])cc([N+](=O)[O-])c2)cc1)c1cc([N+](=O)[O-])cc([N+](=O)[O-])c1. The van der Waals surface area contributed by atoms with E-state index in [2.05, 4.69) is 0 Å². The molecule has 0 spiro atoms. The minimum atomic E-state index is -1.14. The van der Waals surface area contributed by atoms with Crippen molar-refractivity contribution in [2.45, 2.75) is 13.8 Å². The standard InChI is InChI=1S/C20H10N4O12.C2H6/c25-19(11-5-13(21(27)28)9-14(6-11)22(29)30)35-17-1-2-18(4-3-17)36-20(26)12-7-15(23(31)32)10-16(8-12)24(33)34;1-2/h1-10H;1-2H3. The normalized spacial score (nSPS) is 9.84. The fourth-order valence-corrected chi connectivity index (χ4v) is 2.76. The first-order chi connectivity index (χ1) is 17.9. The number of carbonyl (C=O) groups excluding carboxylic acids is 2. The Morgan fingerprint density at radius 1 is 0.526 bits per heavy atom. The summed E-state index contributed by atoms with van der Waals surface area (Å²) in [5.41, 5.74) is -3.70. The Labute approximate surface area is 211 Å². The van der Waals surface area contributed by atoms with Gasteiger partial charge in [0, 0.05) is 24.3 Å². The molecule has 0 aliphatic heterocycles. The quantitative estimate of drug-likeness (QED) is 0.166. The zero-order valence-electron chi connectivity index (χ0n) is 19.5. The van der Waals surface area contributed by atoms with E-state index in [1.807, 2.05) is 13.8 Å². The van der Waals surface area contributed by atoms with Gasteiger partial charge in [0.05, 0.1) is 43.0 Å². The molecular weight excluding hydrogens is 512 g/mol. The molecule has 3 aromatic rings. The smallest absolute Gasteiger partial charge is 0.344 e. The lowest BCUT2D eigenvalue weighted by molar-refractivity contribution is -0.394. The number of hydrogen-bond acceptors (Lipinski definition) is 12. The summed E-state index contributed by atoms with van der Waals surface area (Å²) in [4.78, 5) is 64.8. The summed E-state index contributed by atoms with van der Waals surface area (Å²) in [7, 11) is 0. The minimum Gasteiger partial charge on any atom is -0.423 e. The summed E-state index contributed by atoms with van der Waals surface area (Å²) in [6.45, 7) is 4.00. The van der Waals surface area contributed by atoms with E-state index in [-0.39, 0.29) is 11.5 Å². The highest BCUT2D eigenvalue weighted by molar-refractivity contribution is 5.93. The summed E-state index contributed by atoms with van der Waals surface area (Å²) >= 11 is 0. The first kappa shape index (κ1) is 28.4. The third kappa shape index (κ3) is 7.11. The van der Waals surface area contributed by atoms with E-state index < -0.39 is 65.5 Å². The fourth-order valence-electron chi connectivity index (χ4n) is 2.76. The van der Waals surface area contributed by atoms with Crippen LogP contribution in [0.15, 0.2) is 60.7 Å². The van der Waals surface area contributed by atoms with Gasteiger partial charge in [-0.15, -0.1) is 0 Å². The number of nitro benzene ring substituents is 4. The maximum Gasteiger partial charge on any atom is 0.344 e. The third-order valence-electron chi connectivity index (χ3n) is 4.36. The predicted octanol–water partition coefficient (Wildman–Crippen LogP) is 4.78. The van der Waals surface area contributed by atoms with Gasteiger partial charge in [-0.1, -0.05) is 13.8 Å². The van der Waals surface area contributed by atoms with Crippen LogP contribution < -0.4 is 9.47 Å². The maximum absolute atomic E-state index is 12.3. The molecule has 0 N–H and O–H groups in total. The molecule has 0 saturated carbocycles. The molecule has 196 valence electrons. The molecule has 0 radical (unpaired) electrons. The molecule has 3 rings (SSSR count). The van der Waals surface area contributed by atoms with Crippen LogP contribution in [0.5, 0.6) is 11.5 Å². The molecular formula is C22H16N4O12. The highest BCUT2D eigenvalue weighted by atomic mass is 16.6. The maximum atomic E-state index is 12.3. The van der Waals surface area contributed by atoms with Gasteiger partial charge in [-0.2, -0.15) is 0 Å². The number of rotatable bonds is 8. The number of nitrogens with zero attached hydrogens (tertiary/aromatic N) is 4. The average molecular weight is 528 g/mol. The van der Waals surface area contributed by atoms with E-state index in [9.17, 15) is 50.0 Å². The Morgan fingerprint density at radius 3 is 0.974 bits per heavy atom. The van der Waals surface area contributed by atoms with E-state index >= 15 is 0 Å². The molecule has 0 aromatic heterocycles. The molecule has 0 amide bonds. The molecule has 3 aromatic carbocycles. The largest absolute Gasteiger partial charge is 0.423 e. The number of benzene rings is 3. The second-order valence-electron chi connectivity index (χ2n) is 6.76. The van der Waals surface area contributed by atoms with Crippen molar-refractivity contribution in [3.8, 4) is 11.5 Å². The van der Waals surface area contributed by atoms with Crippen LogP contribution in [0.1, 0.15) is 34.6 Å². The lowest BCUT2D eigenvalue weighted by Gasteiger charge is -2.07. The molecule has 0 saturated heterocycles. The minimum absolute atomic E-state index is 0.125. The van der Waals surface area contributed by atoms with Gasteiger partial charge in [0.25, 0.3) is 22.7 Å². The van der Waals surface area contributed by atoms with Gasteiger partial charge in [0.15, 0.2) is 0 Å². The van der Waals surface area contributed by atoms with Crippen LogP contribution in [0.4, 0.5) is 22.7 Å². The fraction of sp³-hybridized carbons (Fsp3) is 0.0909. The van der Waals surface area contributed by atoms with Crippen molar-refractivity contribution in [2.24, 2.45) is 0 Å². The second kappa shape index (κ2) is 12.2. The van der Waals surface area contributed by atoms with Crippen molar-refractivity contribution < 1.29 is 38.8 Å². The van der Waals surface area contributed by atoms with Crippen LogP contribution in [0.2, 0.25) is 0 Å². The van der Waals surface area contributed by atoms with Crippen LogP contribution in [0.25, 0.3) is 0 Å². The monoisotopic (exact) mass is 528 g/mol. The van der Waals surface area contributed by atoms with Crippen LogP contribution in [0, 0.1) is 40.5 Å². The molecule has 0 unspecified atom stereocenters. The van der Waals surface area contributed by atoms with Gasteiger partial charge >= 0.3 is 11.9 Å². The molecule has 0 aliphatic rings. The molecule has 38 heavy (non-hydrogen) atoms. The van der Waals surface area contributed by atoms with Crippen molar-refractivity contribution in [3.63, 3.8) is 0 Å². The van der Waals surface area contributed by atoms with E-state index in [1.54, 1.807) is 0 Å². The third-order valence-corrected chi connectivity index (χ3v) is 4.36. The zero-order valence-corrected chi connectivity index (χ0v) is 19.5. The molecule has 0 aliphatic carbocycles. The summed E-state index contributed by atoms with van der Waals surface area (Å²) < 4.78 is 10.0. The van der Waals surface area contributed by atoms with Gasteiger partial charge in [-0.3, -0.25) is 40.5 Å². The molecule has 16 heteroatoms. The molecule has 0 atom stereocenters. The Morgan fingerprint density at radius 2 is 0.763 bits per heavy atom.